The Bertz CT molecular complexity index is 93.4. The zero-order chi connectivity index (χ0) is 7.56. The van der Waals surface area contributed by atoms with Crippen molar-refractivity contribution in [2.45, 2.75) is 32.8 Å². The molecular weight excluding hydrogens is 126 g/mol. The standard InChI is InChI=1S/C8H17NO/c1-7-4-5-8(2)10-9(3)6-7/h7-8H,4-6H2,1-3H3. The molecular formula is C8H17NO. The second kappa shape index (κ2) is 3.35. The molecule has 2 nitrogen and oxygen atoms in total. The quantitative estimate of drug-likeness (QED) is 0.511. The van der Waals surface area contributed by atoms with E-state index < -0.39 is 0 Å². The summed E-state index contributed by atoms with van der Waals surface area (Å²) in [5.41, 5.74) is 0. The monoisotopic (exact) mass is 143 g/mol. The van der Waals surface area contributed by atoms with E-state index in [4.69, 9.17) is 4.84 Å². The van der Waals surface area contributed by atoms with Crippen LogP contribution >= 0.6 is 0 Å². The average Bonchev–Trinajstić information content (AvgIpc) is 1.93. The third-order valence-corrected chi connectivity index (χ3v) is 1.99. The van der Waals surface area contributed by atoms with Gasteiger partial charge in [0.15, 0.2) is 0 Å². The van der Waals surface area contributed by atoms with E-state index >= 15 is 0 Å². The molecule has 0 spiro atoms. The molecule has 0 aliphatic carbocycles. The van der Waals surface area contributed by atoms with Crippen molar-refractivity contribution in [3.63, 3.8) is 0 Å². The van der Waals surface area contributed by atoms with E-state index in [1.807, 2.05) is 12.1 Å². The van der Waals surface area contributed by atoms with Crippen LogP contribution in [0.3, 0.4) is 0 Å². The molecule has 0 amide bonds. The third kappa shape index (κ3) is 2.27. The van der Waals surface area contributed by atoms with Crippen molar-refractivity contribution in [1.29, 1.82) is 0 Å². The van der Waals surface area contributed by atoms with Crippen LogP contribution in [0.1, 0.15) is 26.7 Å². The van der Waals surface area contributed by atoms with Crippen LogP contribution < -0.4 is 0 Å². The molecule has 2 unspecified atom stereocenters. The van der Waals surface area contributed by atoms with E-state index in [0.29, 0.717) is 6.10 Å². The summed E-state index contributed by atoms with van der Waals surface area (Å²) in [7, 11) is 2.01. The second-order valence-corrected chi connectivity index (χ2v) is 3.41. The van der Waals surface area contributed by atoms with Gasteiger partial charge >= 0.3 is 0 Å². The summed E-state index contributed by atoms with van der Waals surface area (Å²) >= 11 is 0. The Labute approximate surface area is 63.1 Å². The molecule has 0 N–H and O–H groups in total. The zero-order valence-corrected chi connectivity index (χ0v) is 7.13. The van der Waals surface area contributed by atoms with Crippen LogP contribution in [0.15, 0.2) is 0 Å². The fraction of sp³-hybridized carbons (Fsp3) is 1.00. The topological polar surface area (TPSA) is 12.5 Å². The molecule has 60 valence electrons. The molecule has 10 heavy (non-hydrogen) atoms. The van der Waals surface area contributed by atoms with E-state index in [1.54, 1.807) is 0 Å². The molecule has 2 atom stereocenters. The van der Waals surface area contributed by atoms with E-state index in [2.05, 4.69) is 13.8 Å². The number of rotatable bonds is 0. The molecule has 0 aromatic rings. The Morgan fingerprint density at radius 3 is 2.70 bits per heavy atom. The first-order valence-corrected chi connectivity index (χ1v) is 4.06. The van der Waals surface area contributed by atoms with Crippen LogP contribution in [0.4, 0.5) is 0 Å². The SMILES string of the molecule is CC1CCC(C)ON(C)C1. The molecule has 0 aromatic heterocycles. The van der Waals surface area contributed by atoms with Crippen molar-refractivity contribution in [3.8, 4) is 0 Å². The van der Waals surface area contributed by atoms with Gasteiger partial charge in [-0.1, -0.05) is 6.92 Å². The number of hydroxylamine groups is 2. The second-order valence-electron chi connectivity index (χ2n) is 3.41. The largest absolute Gasteiger partial charge is 0.296 e. The van der Waals surface area contributed by atoms with Gasteiger partial charge in [-0.2, -0.15) is 5.06 Å². The van der Waals surface area contributed by atoms with E-state index in [9.17, 15) is 0 Å². The Morgan fingerprint density at radius 1 is 1.30 bits per heavy atom. The molecule has 1 heterocycles. The van der Waals surface area contributed by atoms with Crippen molar-refractivity contribution in [2.24, 2.45) is 5.92 Å². The summed E-state index contributed by atoms with van der Waals surface area (Å²) in [6, 6.07) is 0. The summed E-state index contributed by atoms with van der Waals surface area (Å²) < 4.78 is 0. The van der Waals surface area contributed by atoms with Crippen LogP contribution in [0, 0.1) is 5.92 Å². The lowest BCUT2D eigenvalue weighted by Gasteiger charge is -2.17. The predicted octanol–water partition coefficient (Wildman–Crippen LogP) is 1.67. The van der Waals surface area contributed by atoms with Gasteiger partial charge in [-0.15, -0.1) is 0 Å². The van der Waals surface area contributed by atoms with Gasteiger partial charge < -0.3 is 0 Å². The highest BCUT2D eigenvalue weighted by molar-refractivity contribution is 4.62. The van der Waals surface area contributed by atoms with Crippen LogP contribution in [0.25, 0.3) is 0 Å². The fourth-order valence-electron chi connectivity index (χ4n) is 1.45. The smallest absolute Gasteiger partial charge is 0.0765 e. The summed E-state index contributed by atoms with van der Waals surface area (Å²) in [5.74, 6) is 0.787. The predicted molar refractivity (Wildman–Crippen MR) is 41.6 cm³/mol. The first-order chi connectivity index (χ1) is 4.68. The summed E-state index contributed by atoms with van der Waals surface area (Å²) in [4.78, 5) is 5.51. The van der Waals surface area contributed by atoms with Gasteiger partial charge in [0.1, 0.15) is 0 Å². The van der Waals surface area contributed by atoms with Crippen LogP contribution in [-0.4, -0.2) is 24.8 Å². The van der Waals surface area contributed by atoms with Gasteiger partial charge in [-0.05, 0) is 25.7 Å². The molecule has 2 heteroatoms. The summed E-state index contributed by atoms with van der Waals surface area (Å²) in [5, 5.41) is 1.96. The molecule has 1 fully saturated rings. The Hall–Kier alpha value is -0.0800. The van der Waals surface area contributed by atoms with Gasteiger partial charge in [0.05, 0.1) is 6.10 Å². The maximum Gasteiger partial charge on any atom is 0.0765 e. The molecule has 1 aliphatic rings. The molecule has 0 radical (unpaired) electrons. The highest BCUT2D eigenvalue weighted by atomic mass is 16.7. The van der Waals surface area contributed by atoms with Gasteiger partial charge in [0.2, 0.25) is 0 Å². The fourth-order valence-corrected chi connectivity index (χ4v) is 1.45. The van der Waals surface area contributed by atoms with Crippen molar-refractivity contribution < 1.29 is 4.84 Å². The van der Waals surface area contributed by atoms with Crippen molar-refractivity contribution in [1.82, 2.24) is 5.06 Å². The van der Waals surface area contributed by atoms with Crippen LogP contribution in [0.2, 0.25) is 0 Å². The van der Waals surface area contributed by atoms with Crippen molar-refractivity contribution in [2.75, 3.05) is 13.6 Å². The lowest BCUT2D eigenvalue weighted by atomic mass is 10.0. The van der Waals surface area contributed by atoms with E-state index in [0.717, 1.165) is 12.5 Å². The molecule has 0 saturated carbocycles. The lowest BCUT2D eigenvalue weighted by Crippen LogP contribution is -2.24. The van der Waals surface area contributed by atoms with Gasteiger partial charge in [0, 0.05) is 13.6 Å². The minimum atomic E-state index is 0.412. The van der Waals surface area contributed by atoms with Gasteiger partial charge in [0.25, 0.3) is 0 Å². The molecule has 0 aromatic carbocycles. The van der Waals surface area contributed by atoms with E-state index in [-0.39, 0.29) is 0 Å². The van der Waals surface area contributed by atoms with Crippen molar-refractivity contribution >= 4 is 0 Å². The minimum Gasteiger partial charge on any atom is -0.296 e. The van der Waals surface area contributed by atoms with Crippen LogP contribution in [-0.2, 0) is 4.84 Å². The Morgan fingerprint density at radius 2 is 2.00 bits per heavy atom. The summed E-state index contributed by atoms with van der Waals surface area (Å²) in [6.07, 6.45) is 2.91. The molecule has 0 bridgehead atoms. The van der Waals surface area contributed by atoms with E-state index in [1.165, 1.54) is 12.8 Å². The summed E-state index contributed by atoms with van der Waals surface area (Å²) in [6.45, 7) is 5.48. The highest BCUT2D eigenvalue weighted by Crippen LogP contribution is 2.16. The normalized spacial score (nSPS) is 37.5. The Balaban J connectivity index is 2.38. The first kappa shape index (κ1) is 8.02. The molecule has 1 aliphatic heterocycles. The molecule has 1 rings (SSSR count). The molecule has 1 saturated heterocycles. The first-order valence-electron chi connectivity index (χ1n) is 4.06. The van der Waals surface area contributed by atoms with Crippen LogP contribution in [0.5, 0.6) is 0 Å². The van der Waals surface area contributed by atoms with Gasteiger partial charge in [-0.3, -0.25) is 4.84 Å². The third-order valence-electron chi connectivity index (χ3n) is 1.99. The lowest BCUT2D eigenvalue weighted by molar-refractivity contribution is -0.170. The number of nitrogens with zero attached hydrogens (tertiary/aromatic N) is 1. The highest BCUT2D eigenvalue weighted by Gasteiger charge is 2.16. The zero-order valence-electron chi connectivity index (χ0n) is 7.13. The van der Waals surface area contributed by atoms with Crippen molar-refractivity contribution in [3.05, 3.63) is 0 Å². The Kier molecular flexibility index (Phi) is 2.69. The minimum absolute atomic E-state index is 0.412. The van der Waals surface area contributed by atoms with Gasteiger partial charge in [-0.25, -0.2) is 0 Å². The number of hydrogen-bond acceptors (Lipinski definition) is 2. The maximum atomic E-state index is 5.51. The number of hydrogen-bond donors (Lipinski definition) is 0. The average molecular weight is 143 g/mol. The maximum absolute atomic E-state index is 5.51.